The van der Waals surface area contributed by atoms with Gasteiger partial charge in [-0.1, -0.05) is 26.0 Å². The van der Waals surface area contributed by atoms with Gasteiger partial charge in [0.2, 0.25) is 0 Å². The van der Waals surface area contributed by atoms with Crippen molar-refractivity contribution < 1.29 is 23.9 Å². The smallest absolute Gasteiger partial charge is 0.340 e. The van der Waals surface area contributed by atoms with E-state index in [0.29, 0.717) is 35.7 Å². The average Bonchev–Trinajstić information content (AvgIpc) is 3.13. The van der Waals surface area contributed by atoms with E-state index in [1.165, 1.54) is 0 Å². The lowest BCUT2D eigenvalue weighted by Gasteiger charge is -2.17. The molecule has 1 amide bonds. The molecule has 2 rings (SSSR count). The van der Waals surface area contributed by atoms with Crippen LogP contribution in [0, 0.1) is 6.92 Å². The number of rotatable bonds is 11. The maximum Gasteiger partial charge on any atom is 0.340 e. The standard InChI is InChI=1S/C23H31N3O5/c1-6-26(7-2)14-13-24-22(28)21(27)20-19(16-9-11-17(30-5)12-10-16)18(15(4)25-20)23(29)31-8-3/h9-12,25H,6-8,13-14H2,1-5H3,(H,24,28). The zero-order chi connectivity index (χ0) is 23.0. The number of esters is 1. The fraction of sp³-hybridized carbons (Fsp3) is 0.435. The van der Waals surface area contributed by atoms with Gasteiger partial charge >= 0.3 is 5.97 Å². The van der Waals surface area contributed by atoms with Crippen LogP contribution < -0.4 is 10.1 Å². The van der Waals surface area contributed by atoms with Crippen LogP contribution in [0.1, 0.15) is 47.3 Å². The lowest BCUT2D eigenvalue weighted by molar-refractivity contribution is -0.117. The number of likely N-dealkylation sites (N-methyl/N-ethyl adjacent to an activating group) is 1. The molecular weight excluding hydrogens is 398 g/mol. The molecule has 0 saturated carbocycles. The molecule has 1 heterocycles. The van der Waals surface area contributed by atoms with Crippen LogP contribution in [0.4, 0.5) is 0 Å². The predicted octanol–water partition coefficient (Wildman–Crippen LogP) is 2.82. The van der Waals surface area contributed by atoms with Crippen LogP contribution in [-0.2, 0) is 9.53 Å². The highest BCUT2D eigenvalue weighted by molar-refractivity contribution is 6.43. The van der Waals surface area contributed by atoms with E-state index in [0.717, 1.165) is 13.1 Å². The van der Waals surface area contributed by atoms with Gasteiger partial charge in [0.15, 0.2) is 0 Å². The first-order valence-corrected chi connectivity index (χ1v) is 10.5. The topological polar surface area (TPSA) is 101 Å². The molecule has 1 aromatic heterocycles. The van der Waals surface area contributed by atoms with Gasteiger partial charge in [0.25, 0.3) is 11.7 Å². The Balaban J connectivity index is 2.39. The summed E-state index contributed by atoms with van der Waals surface area (Å²) >= 11 is 0. The molecule has 0 aliphatic rings. The van der Waals surface area contributed by atoms with E-state index in [1.54, 1.807) is 45.2 Å². The molecule has 168 valence electrons. The molecular formula is C23H31N3O5. The Morgan fingerprint density at radius 2 is 1.71 bits per heavy atom. The molecule has 0 fully saturated rings. The predicted molar refractivity (Wildman–Crippen MR) is 119 cm³/mol. The van der Waals surface area contributed by atoms with E-state index in [2.05, 4.69) is 15.2 Å². The Morgan fingerprint density at radius 3 is 2.26 bits per heavy atom. The fourth-order valence-electron chi connectivity index (χ4n) is 3.36. The van der Waals surface area contributed by atoms with Crippen LogP contribution in [0.5, 0.6) is 5.75 Å². The van der Waals surface area contributed by atoms with Gasteiger partial charge in [-0.25, -0.2) is 4.79 Å². The summed E-state index contributed by atoms with van der Waals surface area (Å²) in [4.78, 5) is 43.2. The van der Waals surface area contributed by atoms with Gasteiger partial charge in [-0.15, -0.1) is 0 Å². The van der Waals surface area contributed by atoms with E-state index >= 15 is 0 Å². The summed E-state index contributed by atoms with van der Waals surface area (Å²) < 4.78 is 10.4. The molecule has 2 aromatic rings. The number of methoxy groups -OCH3 is 1. The molecule has 0 unspecified atom stereocenters. The van der Waals surface area contributed by atoms with Crippen molar-refractivity contribution in [1.82, 2.24) is 15.2 Å². The number of hydrogen-bond donors (Lipinski definition) is 2. The number of H-pyrrole nitrogens is 1. The Labute approximate surface area is 182 Å². The third-order valence-electron chi connectivity index (χ3n) is 5.09. The number of carbonyl (C=O) groups is 3. The van der Waals surface area contributed by atoms with Crippen molar-refractivity contribution in [3.63, 3.8) is 0 Å². The highest BCUT2D eigenvalue weighted by Crippen LogP contribution is 2.32. The molecule has 2 N–H and O–H groups in total. The van der Waals surface area contributed by atoms with Crippen LogP contribution in [0.25, 0.3) is 11.1 Å². The highest BCUT2D eigenvalue weighted by atomic mass is 16.5. The van der Waals surface area contributed by atoms with Crippen LogP contribution in [0.2, 0.25) is 0 Å². The summed E-state index contributed by atoms with van der Waals surface area (Å²) in [6.07, 6.45) is 0. The molecule has 0 saturated heterocycles. The molecule has 31 heavy (non-hydrogen) atoms. The number of aryl methyl sites for hydroxylation is 1. The normalized spacial score (nSPS) is 10.8. The quantitative estimate of drug-likeness (QED) is 0.324. The summed E-state index contributed by atoms with van der Waals surface area (Å²) in [6.45, 7) is 10.4. The van der Waals surface area contributed by atoms with Crippen molar-refractivity contribution >= 4 is 17.7 Å². The van der Waals surface area contributed by atoms with Gasteiger partial charge in [-0.3, -0.25) is 9.59 Å². The third kappa shape index (κ3) is 5.73. The molecule has 0 bridgehead atoms. The maximum absolute atomic E-state index is 13.0. The van der Waals surface area contributed by atoms with E-state index in [4.69, 9.17) is 9.47 Å². The van der Waals surface area contributed by atoms with Gasteiger partial charge in [0.05, 0.1) is 19.3 Å². The number of hydrogen-bond acceptors (Lipinski definition) is 6. The summed E-state index contributed by atoms with van der Waals surface area (Å²) in [7, 11) is 1.55. The highest BCUT2D eigenvalue weighted by Gasteiger charge is 2.29. The number of aromatic nitrogens is 1. The molecule has 8 heteroatoms. The third-order valence-corrected chi connectivity index (χ3v) is 5.09. The zero-order valence-corrected chi connectivity index (χ0v) is 18.8. The minimum Gasteiger partial charge on any atom is -0.497 e. The first-order chi connectivity index (χ1) is 14.9. The molecule has 0 spiro atoms. The van der Waals surface area contributed by atoms with E-state index in [1.807, 2.05) is 13.8 Å². The Kier molecular flexibility index (Phi) is 8.81. The molecule has 0 radical (unpaired) electrons. The van der Waals surface area contributed by atoms with E-state index in [9.17, 15) is 14.4 Å². The molecule has 0 aliphatic carbocycles. The maximum atomic E-state index is 13.0. The zero-order valence-electron chi connectivity index (χ0n) is 18.8. The average molecular weight is 430 g/mol. The Morgan fingerprint density at radius 1 is 1.06 bits per heavy atom. The number of amides is 1. The van der Waals surface area contributed by atoms with Crippen molar-refractivity contribution in [3.05, 3.63) is 41.2 Å². The second-order valence-corrected chi connectivity index (χ2v) is 6.94. The Hall–Kier alpha value is -3.13. The molecule has 1 aromatic carbocycles. The second kappa shape index (κ2) is 11.3. The summed E-state index contributed by atoms with van der Waals surface area (Å²) in [5.41, 5.74) is 1.72. The minimum atomic E-state index is -0.732. The molecule has 8 nitrogen and oxygen atoms in total. The molecule has 0 atom stereocenters. The van der Waals surface area contributed by atoms with Crippen LogP contribution in [-0.4, -0.2) is 67.4 Å². The minimum absolute atomic E-state index is 0.0612. The largest absolute Gasteiger partial charge is 0.497 e. The number of ketones is 1. The second-order valence-electron chi connectivity index (χ2n) is 6.94. The van der Waals surface area contributed by atoms with E-state index < -0.39 is 17.7 Å². The van der Waals surface area contributed by atoms with Gasteiger partial charge in [-0.2, -0.15) is 0 Å². The summed E-state index contributed by atoms with van der Waals surface area (Å²) in [6, 6.07) is 6.93. The van der Waals surface area contributed by atoms with Crippen molar-refractivity contribution in [1.29, 1.82) is 0 Å². The van der Waals surface area contributed by atoms with Gasteiger partial charge in [0, 0.05) is 24.3 Å². The number of Topliss-reactive ketones (excluding diaryl/α,β-unsaturated/α-hetero) is 1. The number of aromatic amines is 1. The van der Waals surface area contributed by atoms with Crippen molar-refractivity contribution in [2.24, 2.45) is 0 Å². The number of carbonyl (C=O) groups excluding carboxylic acids is 3. The number of benzene rings is 1. The summed E-state index contributed by atoms with van der Waals surface area (Å²) in [5.74, 6) is -1.37. The van der Waals surface area contributed by atoms with Gasteiger partial charge in [-0.05, 0) is 44.6 Å². The van der Waals surface area contributed by atoms with Crippen molar-refractivity contribution in [3.8, 4) is 16.9 Å². The lowest BCUT2D eigenvalue weighted by atomic mass is 9.98. The van der Waals surface area contributed by atoms with Crippen molar-refractivity contribution in [2.45, 2.75) is 27.7 Å². The Bertz CT molecular complexity index is 914. The first-order valence-electron chi connectivity index (χ1n) is 10.5. The van der Waals surface area contributed by atoms with Crippen LogP contribution in [0.3, 0.4) is 0 Å². The number of nitrogens with zero attached hydrogens (tertiary/aromatic N) is 1. The molecule has 0 aliphatic heterocycles. The van der Waals surface area contributed by atoms with Crippen LogP contribution in [0.15, 0.2) is 24.3 Å². The lowest BCUT2D eigenvalue weighted by Crippen LogP contribution is -2.38. The summed E-state index contributed by atoms with van der Waals surface area (Å²) in [5, 5.41) is 2.67. The van der Waals surface area contributed by atoms with Crippen LogP contribution >= 0.6 is 0 Å². The SMILES string of the molecule is CCOC(=O)c1c(C)[nH]c(C(=O)C(=O)NCCN(CC)CC)c1-c1ccc(OC)cc1. The fourth-order valence-corrected chi connectivity index (χ4v) is 3.36. The van der Waals surface area contributed by atoms with E-state index in [-0.39, 0.29) is 17.9 Å². The van der Waals surface area contributed by atoms with Gasteiger partial charge in [0.1, 0.15) is 11.4 Å². The first kappa shape index (κ1) is 24.1. The monoisotopic (exact) mass is 429 g/mol. The number of nitrogens with one attached hydrogen (secondary N) is 2. The van der Waals surface area contributed by atoms with Gasteiger partial charge < -0.3 is 24.7 Å². The van der Waals surface area contributed by atoms with Crippen molar-refractivity contribution in [2.75, 3.05) is 39.9 Å². The number of ether oxygens (including phenoxy) is 2.